The van der Waals surface area contributed by atoms with Gasteiger partial charge in [0.25, 0.3) is 0 Å². The highest BCUT2D eigenvalue weighted by molar-refractivity contribution is 5.45. The van der Waals surface area contributed by atoms with Gasteiger partial charge in [0.1, 0.15) is 11.6 Å². The summed E-state index contributed by atoms with van der Waals surface area (Å²) in [6, 6.07) is 3.17. The van der Waals surface area contributed by atoms with E-state index in [1.54, 1.807) is 13.0 Å². The second-order valence-electron chi connectivity index (χ2n) is 3.30. The van der Waals surface area contributed by atoms with Crippen LogP contribution in [0.15, 0.2) is 12.1 Å². The Balaban J connectivity index is 2.63. The smallest absolute Gasteiger partial charge is 0.126 e. The molecule has 12 heavy (non-hydrogen) atoms. The third-order valence-corrected chi connectivity index (χ3v) is 2.39. The lowest BCUT2D eigenvalue weighted by molar-refractivity contribution is 0.337. The van der Waals surface area contributed by atoms with Crippen LogP contribution in [0, 0.1) is 12.7 Å². The fraction of sp³-hybridized carbons (Fsp3) is 0.400. The molecule has 2 rings (SSSR count). The lowest BCUT2D eigenvalue weighted by Crippen LogP contribution is -1.96. The van der Waals surface area contributed by atoms with Gasteiger partial charge in [-0.1, -0.05) is 6.92 Å². The van der Waals surface area contributed by atoms with Crippen LogP contribution in [0.2, 0.25) is 0 Å². The maximum absolute atomic E-state index is 13.1. The summed E-state index contributed by atoms with van der Waals surface area (Å²) >= 11 is 0. The SMILES string of the molecule is Cc1c(F)ccc2c1C(C)CO2. The largest absolute Gasteiger partial charge is 0.493 e. The van der Waals surface area contributed by atoms with Crippen molar-refractivity contribution >= 4 is 0 Å². The minimum Gasteiger partial charge on any atom is -0.493 e. The van der Waals surface area contributed by atoms with Crippen LogP contribution in [0.4, 0.5) is 4.39 Å². The van der Waals surface area contributed by atoms with Crippen LogP contribution in [-0.4, -0.2) is 6.61 Å². The Hall–Kier alpha value is -1.05. The Morgan fingerprint density at radius 2 is 2.25 bits per heavy atom. The summed E-state index contributed by atoms with van der Waals surface area (Å²) in [7, 11) is 0. The first-order valence-electron chi connectivity index (χ1n) is 4.12. The molecule has 0 amide bonds. The average molecular weight is 166 g/mol. The summed E-state index contributed by atoms with van der Waals surface area (Å²) in [6.07, 6.45) is 0. The third kappa shape index (κ3) is 0.909. The zero-order valence-corrected chi connectivity index (χ0v) is 7.23. The lowest BCUT2D eigenvalue weighted by atomic mass is 9.98. The van der Waals surface area contributed by atoms with E-state index in [0.29, 0.717) is 12.5 Å². The van der Waals surface area contributed by atoms with Crippen LogP contribution < -0.4 is 4.74 Å². The van der Waals surface area contributed by atoms with E-state index in [9.17, 15) is 4.39 Å². The number of hydrogen-bond acceptors (Lipinski definition) is 1. The fourth-order valence-corrected chi connectivity index (χ4v) is 1.71. The molecular weight excluding hydrogens is 155 g/mol. The van der Waals surface area contributed by atoms with Gasteiger partial charge in [0.2, 0.25) is 0 Å². The Morgan fingerprint density at radius 3 is 3.00 bits per heavy atom. The number of halogens is 1. The molecule has 2 heteroatoms. The molecule has 0 saturated heterocycles. The van der Waals surface area contributed by atoms with Gasteiger partial charge < -0.3 is 4.74 Å². The Bertz CT molecular complexity index is 320. The number of hydrogen-bond donors (Lipinski definition) is 0. The van der Waals surface area contributed by atoms with Crippen molar-refractivity contribution in [3.05, 3.63) is 29.1 Å². The molecule has 1 atom stereocenters. The normalized spacial score (nSPS) is 20.4. The summed E-state index contributed by atoms with van der Waals surface area (Å²) in [4.78, 5) is 0. The minimum absolute atomic E-state index is 0.133. The van der Waals surface area contributed by atoms with E-state index in [2.05, 4.69) is 6.92 Å². The molecule has 0 saturated carbocycles. The zero-order valence-electron chi connectivity index (χ0n) is 7.23. The summed E-state index contributed by atoms with van der Waals surface area (Å²) in [6.45, 7) is 4.54. The van der Waals surface area contributed by atoms with Crippen LogP contribution in [0.1, 0.15) is 24.0 Å². The second-order valence-corrected chi connectivity index (χ2v) is 3.30. The van der Waals surface area contributed by atoms with Crippen LogP contribution in [0.5, 0.6) is 5.75 Å². The first-order valence-corrected chi connectivity index (χ1v) is 4.12. The van der Waals surface area contributed by atoms with Gasteiger partial charge in [0, 0.05) is 11.5 Å². The number of rotatable bonds is 0. The van der Waals surface area contributed by atoms with Gasteiger partial charge >= 0.3 is 0 Å². The third-order valence-electron chi connectivity index (χ3n) is 2.39. The van der Waals surface area contributed by atoms with E-state index < -0.39 is 0 Å². The van der Waals surface area contributed by atoms with Crippen molar-refractivity contribution in [2.45, 2.75) is 19.8 Å². The van der Waals surface area contributed by atoms with E-state index in [1.807, 2.05) is 0 Å². The molecule has 1 unspecified atom stereocenters. The van der Waals surface area contributed by atoms with Crippen LogP contribution in [0.25, 0.3) is 0 Å². The number of ether oxygens (including phenoxy) is 1. The van der Waals surface area contributed by atoms with Gasteiger partial charge in [-0.05, 0) is 24.6 Å². The molecule has 1 nitrogen and oxygen atoms in total. The summed E-state index contributed by atoms with van der Waals surface area (Å²) < 4.78 is 18.5. The van der Waals surface area contributed by atoms with Gasteiger partial charge in [0.05, 0.1) is 6.61 Å². The topological polar surface area (TPSA) is 9.23 Å². The van der Waals surface area contributed by atoms with Crippen molar-refractivity contribution in [3.8, 4) is 5.75 Å². The van der Waals surface area contributed by atoms with E-state index in [-0.39, 0.29) is 5.82 Å². The molecule has 1 aliphatic heterocycles. The fourth-order valence-electron chi connectivity index (χ4n) is 1.71. The lowest BCUT2D eigenvalue weighted by Gasteiger charge is -2.05. The Labute approximate surface area is 71.2 Å². The Kier molecular flexibility index (Phi) is 1.56. The van der Waals surface area contributed by atoms with E-state index in [0.717, 1.165) is 16.9 Å². The molecule has 0 aliphatic carbocycles. The molecule has 1 aromatic carbocycles. The van der Waals surface area contributed by atoms with Crippen molar-refractivity contribution in [2.75, 3.05) is 6.61 Å². The molecule has 1 aliphatic rings. The standard InChI is InChI=1S/C10H11FO/c1-6-5-12-9-4-3-8(11)7(2)10(6)9/h3-4,6H,5H2,1-2H3. The van der Waals surface area contributed by atoms with Crippen LogP contribution >= 0.6 is 0 Å². The zero-order chi connectivity index (χ0) is 8.72. The molecule has 0 aromatic heterocycles. The van der Waals surface area contributed by atoms with E-state index in [1.165, 1.54) is 6.07 Å². The van der Waals surface area contributed by atoms with Crippen molar-refractivity contribution in [1.29, 1.82) is 0 Å². The van der Waals surface area contributed by atoms with E-state index in [4.69, 9.17) is 4.74 Å². The Morgan fingerprint density at radius 1 is 1.50 bits per heavy atom. The van der Waals surface area contributed by atoms with Crippen LogP contribution in [-0.2, 0) is 0 Å². The molecule has 1 aromatic rings. The molecule has 0 fully saturated rings. The summed E-state index contributed by atoms with van der Waals surface area (Å²) in [5.74, 6) is 1.04. The van der Waals surface area contributed by atoms with Gasteiger partial charge in [-0.15, -0.1) is 0 Å². The van der Waals surface area contributed by atoms with Gasteiger partial charge in [-0.3, -0.25) is 0 Å². The molecule has 0 N–H and O–H groups in total. The number of benzene rings is 1. The van der Waals surface area contributed by atoms with Crippen molar-refractivity contribution < 1.29 is 9.13 Å². The van der Waals surface area contributed by atoms with E-state index >= 15 is 0 Å². The first kappa shape index (κ1) is 7.59. The molecule has 1 heterocycles. The predicted octanol–water partition coefficient (Wildman–Crippen LogP) is 2.63. The monoisotopic (exact) mass is 166 g/mol. The van der Waals surface area contributed by atoms with Gasteiger partial charge in [0.15, 0.2) is 0 Å². The maximum Gasteiger partial charge on any atom is 0.126 e. The minimum atomic E-state index is -0.133. The molecule has 0 spiro atoms. The highest BCUT2D eigenvalue weighted by atomic mass is 19.1. The molecule has 64 valence electrons. The average Bonchev–Trinajstić information content (AvgIpc) is 2.41. The number of fused-ring (bicyclic) bond motifs is 1. The highest BCUT2D eigenvalue weighted by Gasteiger charge is 2.23. The maximum atomic E-state index is 13.1. The summed E-state index contributed by atoms with van der Waals surface area (Å²) in [5.41, 5.74) is 1.77. The van der Waals surface area contributed by atoms with Crippen LogP contribution in [0.3, 0.4) is 0 Å². The van der Waals surface area contributed by atoms with Crippen molar-refractivity contribution in [2.24, 2.45) is 0 Å². The quantitative estimate of drug-likeness (QED) is 0.575. The summed E-state index contributed by atoms with van der Waals surface area (Å²) in [5, 5.41) is 0. The van der Waals surface area contributed by atoms with Crippen molar-refractivity contribution in [1.82, 2.24) is 0 Å². The molecular formula is C10H11FO. The molecule has 0 radical (unpaired) electrons. The van der Waals surface area contributed by atoms with Gasteiger partial charge in [-0.2, -0.15) is 0 Å². The first-order chi connectivity index (χ1) is 5.70. The second kappa shape index (κ2) is 2.47. The predicted molar refractivity (Wildman–Crippen MR) is 45.0 cm³/mol. The highest BCUT2D eigenvalue weighted by Crippen LogP contribution is 2.36. The van der Waals surface area contributed by atoms with Gasteiger partial charge in [-0.25, -0.2) is 4.39 Å². The molecule has 0 bridgehead atoms. The van der Waals surface area contributed by atoms with Crippen molar-refractivity contribution in [3.63, 3.8) is 0 Å².